The molecule has 0 aliphatic carbocycles. The van der Waals surface area contributed by atoms with E-state index in [-0.39, 0.29) is 18.0 Å². The lowest BCUT2D eigenvalue weighted by molar-refractivity contribution is 0.0848. The number of rotatable bonds is 1. The number of carbonyl (C=O) groups excluding carboxylic acids is 1. The van der Waals surface area contributed by atoms with Crippen molar-refractivity contribution in [2.24, 2.45) is 0 Å². The van der Waals surface area contributed by atoms with Crippen molar-refractivity contribution >= 4 is 37.6 Å². The maximum absolute atomic E-state index is 13.4. The van der Waals surface area contributed by atoms with Crippen LogP contribution in [0.1, 0.15) is 28.4 Å². The van der Waals surface area contributed by atoms with E-state index in [4.69, 9.17) is 4.74 Å². The lowest BCUT2D eigenvalue weighted by Crippen LogP contribution is -2.20. The molecule has 1 unspecified atom stereocenters. The van der Waals surface area contributed by atoms with Gasteiger partial charge in [-0.15, -0.1) is 0 Å². The van der Waals surface area contributed by atoms with Crippen LogP contribution < -0.4 is 4.74 Å². The number of hydrogen-bond donors (Lipinski definition) is 0. The molecule has 2 nitrogen and oxygen atoms in total. The van der Waals surface area contributed by atoms with Crippen LogP contribution in [0.25, 0.3) is 0 Å². The standard InChI is InChI=1S/C15H9Br2FO2/c16-8-1-3-10-13(19)7-15(20-14(10)5-8)11-6-9(18)2-4-12(11)17/h1-6,15H,7H2. The zero-order valence-corrected chi connectivity index (χ0v) is 13.4. The minimum atomic E-state index is -0.477. The average molecular weight is 400 g/mol. The van der Waals surface area contributed by atoms with Crippen molar-refractivity contribution < 1.29 is 13.9 Å². The molecule has 0 amide bonds. The first-order chi connectivity index (χ1) is 9.54. The second-order valence-corrected chi connectivity index (χ2v) is 6.31. The van der Waals surface area contributed by atoms with Gasteiger partial charge in [0.1, 0.15) is 17.7 Å². The maximum Gasteiger partial charge on any atom is 0.170 e. The van der Waals surface area contributed by atoms with Gasteiger partial charge >= 0.3 is 0 Å². The van der Waals surface area contributed by atoms with Gasteiger partial charge in [-0.05, 0) is 36.4 Å². The fourth-order valence-corrected chi connectivity index (χ4v) is 3.07. The Bertz CT molecular complexity index is 700. The van der Waals surface area contributed by atoms with Crippen LogP contribution >= 0.6 is 31.9 Å². The predicted molar refractivity (Wildman–Crippen MR) is 80.6 cm³/mol. The highest BCUT2D eigenvalue weighted by atomic mass is 79.9. The van der Waals surface area contributed by atoms with Gasteiger partial charge in [-0.1, -0.05) is 31.9 Å². The van der Waals surface area contributed by atoms with E-state index in [0.29, 0.717) is 16.9 Å². The Balaban J connectivity index is 2.02. The third kappa shape index (κ3) is 2.52. The molecule has 3 rings (SSSR count). The van der Waals surface area contributed by atoms with Crippen LogP contribution in [0.4, 0.5) is 4.39 Å². The van der Waals surface area contributed by atoms with Crippen LogP contribution in [0.3, 0.4) is 0 Å². The largest absolute Gasteiger partial charge is 0.484 e. The lowest BCUT2D eigenvalue weighted by atomic mass is 9.96. The zero-order chi connectivity index (χ0) is 14.3. The Morgan fingerprint density at radius 2 is 1.95 bits per heavy atom. The molecular formula is C15H9Br2FO2. The van der Waals surface area contributed by atoms with Gasteiger partial charge in [0.15, 0.2) is 5.78 Å². The molecule has 0 aromatic heterocycles. The molecule has 0 N–H and O–H groups in total. The molecule has 1 aliphatic heterocycles. The number of carbonyl (C=O) groups is 1. The Morgan fingerprint density at radius 3 is 2.75 bits per heavy atom. The summed E-state index contributed by atoms with van der Waals surface area (Å²) in [6, 6.07) is 9.67. The van der Waals surface area contributed by atoms with Crippen molar-refractivity contribution in [2.45, 2.75) is 12.5 Å². The van der Waals surface area contributed by atoms with Gasteiger partial charge < -0.3 is 4.74 Å². The molecule has 102 valence electrons. The molecule has 2 aromatic carbocycles. The lowest BCUT2D eigenvalue weighted by Gasteiger charge is -2.26. The highest BCUT2D eigenvalue weighted by Gasteiger charge is 2.29. The van der Waals surface area contributed by atoms with Crippen LogP contribution in [-0.4, -0.2) is 5.78 Å². The normalized spacial score (nSPS) is 17.6. The molecule has 0 bridgehead atoms. The third-order valence-corrected chi connectivity index (χ3v) is 4.40. The molecule has 2 aromatic rings. The molecule has 0 saturated heterocycles. The number of fused-ring (bicyclic) bond motifs is 1. The fourth-order valence-electron chi connectivity index (χ4n) is 2.23. The molecule has 5 heteroatoms. The molecule has 20 heavy (non-hydrogen) atoms. The van der Waals surface area contributed by atoms with Gasteiger partial charge in [0, 0.05) is 14.5 Å². The van der Waals surface area contributed by atoms with Crippen molar-refractivity contribution in [1.82, 2.24) is 0 Å². The summed E-state index contributed by atoms with van der Waals surface area (Å²) < 4.78 is 20.8. The Hall–Kier alpha value is -1.20. The van der Waals surface area contributed by atoms with E-state index in [9.17, 15) is 9.18 Å². The van der Waals surface area contributed by atoms with Crippen LogP contribution in [0, 0.1) is 5.82 Å². The molecule has 1 heterocycles. The van der Waals surface area contributed by atoms with Crippen LogP contribution in [0.15, 0.2) is 45.3 Å². The SMILES string of the molecule is O=C1CC(c2cc(F)ccc2Br)Oc2cc(Br)ccc21. The number of halogens is 3. The summed E-state index contributed by atoms with van der Waals surface area (Å²) in [4.78, 5) is 12.2. The summed E-state index contributed by atoms with van der Waals surface area (Å²) >= 11 is 6.73. The van der Waals surface area contributed by atoms with Gasteiger partial charge in [0.25, 0.3) is 0 Å². The molecule has 0 fully saturated rings. The summed E-state index contributed by atoms with van der Waals surface area (Å²) in [6.07, 6.45) is -0.272. The summed E-state index contributed by atoms with van der Waals surface area (Å²) in [5.74, 6) is 0.177. The quantitative estimate of drug-likeness (QED) is 0.670. The fraction of sp³-hybridized carbons (Fsp3) is 0.133. The van der Waals surface area contributed by atoms with Gasteiger partial charge in [-0.2, -0.15) is 0 Å². The highest BCUT2D eigenvalue weighted by Crippen LogP contribution is 2.38. The molecule has 1 aliphatic rings. The number of ketones is 1. The number of benzene rings is 2. The third-order valence-electron chi connectivity index (χ3n) is 3.19. The summed E-state index contributed by atoms with van der Waals surface area (Å²) in [5, 5.41) is 0. The number of ether oxygens (including phenoxy) is 1. The molecule has 0 spiro atoms. The smallest absolute Gasteiger partial charge is 0.170 e. The summed E-state index contributed by atoms with van der Waals surface area (Å²) in [6.45, 7) is 0. The monoisotopic (exact) mass is 398 g/mol. The van der Waals surface area contributed by atoms with Crippen molar-refractivity contribution in [3.63, 3.8) is 0 Å². The molecule has 0 radical (unpaired) electrons. The van der Waals surface area contributed by atoms with Crippen molar-refractivity contribution in [3.05, 3.63) is 62.3 Å². The topological polar surface area (TPSA) is 26.3 Å². The van der Waals surface area contributed by atoms with E-state index in [1.54, 1.807) is 24.3 Å². The van der Waals surface area contributed by atoms with Crippen LogP contribution in [0.2, 0.25) is 0 Å². The predicted octanol–water partition coefficient (Wildman–Crippen LogP) is 5.06. The first kappa shape index (κ1) is 13.8. The van der Waals surface area contributed by atoms with Crippen LogP contribution in [0.5, 0.6) is 5.75 Å². The minimum Gasteiger partial charge on any atom is -0.484 e. The van der Waals surface area contributed by atoms with E-state index >= 15 is 0 Å². The van der Waals surface area contributed by atoms with Gasteiger partial charge in [0.05, 0.1) is 12.0 Å². The molecule has 1 atom stereocenters. The van der Waals surface area contributed by atoms with Crippen molar-refractivity contribution in [3.8, 4) is 5.75 Å². The molecule has 0 saturated carbocycles. The molecular weight excluding hydrogens is 391 g/mol. The highest BCUT2D eigenvalue weighted by molar-refractivity contribution is 9.10. The van der Waals surface area contributed by atoms with E-state index in [2.05, 4.69) is 31.9 Å². The first-order valence-corrected chi connectivity index (χ1v) is 7.57. The van der Waals surface area contributed by atoms with Gasteiger partial charge in [-0.25, -0.2) is 4.39 Å². The van der Waals surface area contributed by atoms with E-state index in [1.807, 2.05) is 0 Å². The van der Waals surface area contributed by atoms with Gasteiger partial charge in [-0.3, -0.25) is 4.79 Å². The summed E-state index contributed by atoms with van der Waals surface area (Å²) in [5.41, 5.74) is 1.21. The van der Waals surface area contributed by atoms with E-state index in [1.165, 1.54) is 12.1 Å². The van der Waals surface area contributed by atoms with Crippen molar-refractivity contribution in [1.29, 1.82) is 0 Å². The Labute approximate surface area is 132 Å². The van der Waals surface area contributed by atoms with E-state index < -0.39 is 6.10 Å². The zero-order valence-electron chi connectivity index (χ0n) is 10.2. The second-order valence-electron chi connectivity index (χ2n) is 4.54. The Morgan fingerprint density at radius 1 is 1.15 bits per heavy atom. The number of Topliss-reactive ketones (excluding diaryl/α,β-unsaturated/α-hetero) is 1. The van der Waals surface area contributed by atoms with Crippen molar-refractivity contribution in [2.75, 3.05) is 0 Å². The second kappa shape index (κ2) is 5.30. The van der Waals surface area contributed by atoms with Gasteiger partial charge in [0.2, 0.25) is 0 Å². The first-order valence-electron chi connectivity index (χ1n) is 5.99. The van der Waals surface area contributed by atoms with Crippen LogP contribution in [-0.2, 0) is 0 Å². The van der Waals surface area contributed by atoms with E-state index in [0.717, 1.165) is 8.95 Å². The number of hydrogen-bond acceptors (Lipinski definition) is 2. The Kier molecular flexibility index (Phi) is 3.65. The summed E-state index contributed by atoms with van der Waals surface area (Å²) in [7, 11) is 0. The minimum absolute atomic E-state index is 0.0000822. The maximum atomic E-state index is 13.4. The average Bonchev–Trinajstić information content (AvgIpc) is 2.41.